The number of aryl methyl sites for hydroxylation is 1. The van der Waals surface area contributed by atoms with Gasteiger partial charge in [-0.2, -0.15) is 0 Å². The Kier molecular flexibility index (Phi) is 6.95. The van der Waals surface area contributed by atoms with Crippen LogP contribution in [0, 0.1) is 0 Å². The van der Waals surface area contributed by atoms with Crippen LogP contribution in [0.3, 0.4) is 0 Å². The van der Waals surface area contributed by atoms with Crippen molar-refractivity contribution in [2.24, 2.45) is 0 Å². The highest BCUT2D eigenvalue weighted by Gasteiger charge is 2.06. The van der Waals surface area contributed by atoms with Gasteiger partial charge in [0.05, 0.1) is 6.10 Å². The molecule has 1 N–H and O–H groups in total. The molecule has 0 saturated heterocycles. The molecule has 96 valence electrons. The summed E-state index contributed by atoms with van der Waals surface area (Å²) in [7, 11) is 0. The largest absolute Gasteiger partial charge is 0.388 e. The van der Waals surface area contributed by atoms with E-state index in [9.17, 15) is 5.11 Å². The Morgan fingerprint density at radius 1 is 0.941 bits per heavy atom. The third kappa shape index (κ3) is 5.36. The van der Waals surface area contributed by atoms with Crippen molar-refractivity contribution in [3.63, 3.8) is 0 Å². The molecular formula is C16H26O. The van der Waals surface area contributed by atoms with Gasteiger partial charge < -0.3 is 5.11 Å². The number of hydrogen-bond acceptors (Lipinski definition) is 1. The number of unbranched alkanes of at least 4 members (excludes halogenated alkanes) is 3. The maximum absolute atomic E-state index is 10.0. The molecule has 0 spiro atoms. The summed E-state index contributed by atoms with van der Waals surface area (Å²) in [6, 6.07) is 8.49. The van der Waals surface area contributed by atoms with E-state index in [4.69, 9.17) is 0 Å². The van der Waals surface area contributed by atoms with Crippen LogP contribution in [0.5, 0.6) is 0 Å². The molecule has 0 fully saturated rings. The molecule has 0 aromatic heterocycles. The minimum absolute atomic E-state index is 0.276. The van der Waals surface area contributed by atoms with Crippen molar-refractivity contribution in [1.29, 1.82) is 0 Å². The molecule has 1 aromatic rings. The second-order valence-electron chi connectivity index (χ2n) is 4.86. The van der Waals surface area contributed by atoms with E-state index in [0.717, 1.165) is 24.8 Å². The predicted molar refractivity (Wildman–Crippen MR) is 74.2 cm³/mol. The molecule has 1 atom stereocenters. The fourth-order valence-corrected chi connectivity index (χ4v) is 2.04. The molecule has 0 bridgehead atoms. The first-order valence-corrected chi connectivity index (χ1v) is 7.04. The van der Waals surface area contributed by atoms with Crippen molar-refractivity contribution in [1.82, 2.24) is 0 Å². The number of aliphatic hydroxyl groups excluding tert-OH is 1. The van der Waals surface area contributed by atoms with E-state index in [1.54, 1.807) is 0 Å². The maximum Gasteiger partial charge on any atom is 0.0790 e. The Balaban J connectivity index is 2.43. The highest BCUT2D eigenvalue weighted by atomic mass is 16.3. The molecular weight excluding hydrogens is 208 g/mol. The monoisotopic (exact) mass is 234 g/mol. The van der Waals surface area contributed by atoms with Crippen molar-refractivity contribution in [3.8, 4) is 0 Å². The van der Waals surface area contributed by atoms with Crippen LogP contribution in [0.4, 0.5) is 0 Å². The highest BCUT2D eigenvalue weighted by Crippen LogP contribution is 2.20. The summed E-state index contributed by atoms with van der Waals surface area (Å²) in [4.78, 5) is 0. The molecule has 1 unspecified atom stereocenters. The molecule has 0 heterocycles. The van der Waals surface area contributed by atoms with Gasteiger partial charge in [0, 0.05) is 0 Å². The van der Waals surface area contributed by atoms with Gasteiger partial charge in [-0.3, -0.25) is 0 Å². The van der Waals surface area contributed by atoms with Crippen molar-refractivity contribution in [3.05, 3.63) is 35.4 Å². The standard InChI is InChI=1S/C16H26O/c1-3-5-7-9-16(17)15-12-10-14(11-13-15)8-6-4-2/h10-13,16-17H,3-9H2,1-2H3. The number of benzene rings is 1. The van der Waals surface area contributed by atoms with Gasteiger partial charge in [-0.05, 0) is 30.4 Å². The number of aliphatic hydroxyl groups is 1. The molecule has 1 heteroatoms. The average Bonchev–Trinajstić information content (AvgIpc) is 2.37. The first-order chi connectivity index (χ1) is 8.27. The highest BCUT2D eigenvalue weighted by molar-refractivity contribution is 5.24. The second kappa shape index (κ2) is 8.30. The lowest BCUT2D eigenvalue weighted by Crippen LogP contribution is -1.97. The van der Waals surface area contributed by atoms with Crippen molar-refractivity contribution >= 4 is 0 Å². The first kappa shape index (κ1) is 14.2. The first-order valence-electron chi connectivity index (χ1n) is 7.04. The lowest BCUT2D eigenvalue weighted by atomic mass is 10.0. The number of hydrogen-bond donors (Lipinski definition) is 1. The minimum atomic E-state index is -0.276. The quantitative estimate of drug-likeness (QED) is 0.649. The van der Waals surface area contributed by atoms with Crippen LogP contribution >= 0.6 is 0 Å². The minimum Gasteiger partial charge on any atom is -0.388 e. The van der Waals surface area contributed by atoms with Crippen molar-refractivity contribution in [2.45, 2.75) is 64.9 Å². The summed E-state index contributed by atoms with van der Waals surface area (Å²) in [6.45, 7) is 4.40. The maximum atomic E-state index is 10.0. The fourth-order valence-electron chi connectivity index (χ4n) is 2.04. The lowest BCUT2D eigenvalue weighted by Gasteiger charge is -2.11. The van der Waals surface area contributed by atoms with E-state index >= 15 is 0 Å². The van der Waals surface area contributed by atoms with E-state index in [1.165, 1.54) is 31.2 Å². The van der Waals surface area contributed by atoms with E-state index < -0.39 is 0 Å². The van der Waals surface area contributed by atoms with Crippen LogP contribution < -0.4 is 0 Å². The smallest absolute Gasteiger partial charge is 0.0790 e. The van der Waals surface area contributed by atoms with Crippen molar-refractivity contribution in [2.75, 3.05) is 0 Å². The van der Waals surface area contributed by atoms with E-state index in [2.05, 4.69) is 38.1 Å². The zero-order valence-electron chi connectivity index (χ0n) is 11.3. The van der Waals surface area contributed by atoms with E-state index in [0.29, 0.717) is 0 Å². The fraction of sp³-hybridized carbons (Fsp3) is 0.625. The Hall–Kier alpha value is -0.820. The molecule has 17 heavy (non-hydrogen) atoms. The molecule has 0 amide bonds. The van der Waals surface area contributed by atoms with Gasteiger partial charge in [0.1, 0.15) is 0 Å². The molecule has 0 radical (unpaired) electrons. The summed E-state index contributed by atoms with van der Waals surface area (Å²) >= 11 is 0. The SMILES string of the molecule is CCCCCC(O)c1ccc(CCCC)cc1. The molecule has 1 rings (SSSR count). The Morgan fingerprint density at radius 2 is 1.59 bits per heavy atom. The average molecular weight is 234 g/mol. The van der Waals surface area contributed by atoms with Gasteiger partial charge in [0.25, 0.3) is 0 Å². The van der Waals surface area contributed by atoms with Gasteiger partial charge in [-0.1, -0.05) is 63.8 Å². The molecule has 0 aliphatic heterocycles. The van der Waals surface area contributed by atoms with Crippen LogP contribution in [0.15, 0.2) is 24.3 Å². The summed E-state index contributed by atoms with van der Waals surface area (Å²) in [5.74, 6) is 0. The Morgan fingerprint density at radius 3 is 2.18 bits per heavy atom. The molecule has 1 aromatic carbocycles. The zero-order valence-corrected chi connectivity index (χ0v) is 11.3. The second-order valence-corrected chi connectivity index (χ2v) is 4.86. The third-order valence-corrected chi connectivity index (χ3v) is 3.26. The van der Waals surface area contributed by atoms with Gasteiger partial charge in [-0.25, -0.2) is 0 Å². The summed E-state index contributed by atoms with van der Waals surface area (Å²) in [5.41, 5.74) is 2.46. The van der Waals surface area contributed by atoms with Gasteiger partial charge >= 0.3 is 0 Å². The van der Waals surface area contributed by atoms with Gasteiger partial charge in [0.15, 0.2) is 0 Å². The zero-order chi connectivity index (χ0) is 12.5. The molecule has 1 nitrogen and oxygen atoms in total. The van der Waals surface area contributed by atoms with Crippen LogP contribution in [-0.4, -0.2) is 5.11 Å². The van der Waals surface area contributed by atoms with Crippen LogP contribution in [-0.2, 0) is 6.42 Å². The van der Waals surface area contributed by atoms with E-state index in [1.807, 2.05) is 0 Å². The topological polar surface area (TPSA) is 20.2 Å². The summed E-state index contributed by atoms with van der Waals surface area (Å²) in [6.07, 6.45) is 7.80. The Bertz CT molecular complexity index is 289. The predicted octanol–water partition coefficient (Wildman–Crippen LogP) is 4.64. The van der Waals surface area contributed by atoms with Crippen LogP contribution in [0.2, 0.25) is 0 Å². The van der Waals surface area contributed by atoms with E-state index in [-0.39, 0.29) is 6.10 Å². The van der Waals surface area contributed by atoms with Crippen LogP contribution in [0.1, 0.15) is 69.6 Å². The summed E-state index contributed by atoms with van der Waals surface area (Å²) < 4.78 is 0. The molecule has 0 aliphatic carbocycles. The van der Waals surface area contributed by atoms with Gasteiger partial charge in [0.2, 0.25) is 0 Å². The van der Waals surface area contributed by atoms with Crippen LogP contribution in [0.25, 0.3) is 0 Å². The number of rotatable bonds is 8. The molecule has 0 aliphatic rings. The normalized spacial score (nSPS) is 12.6. The van der Waals surface area contributed by atoms with Gasteiger partial charge in [-0.15, -0.1) is 0 Å². The Labute approximate surface area is 106 Å². The lowest BCUT2D eigenvalue weighted by molar-refractivity contribution is 0.163. The third-order valence-electron chi connectivity index (χ3n) is 3.26. The van der Waals surface area contributed by atoms with Crippen molar-refractivity contribution < 1.29 is 5.11 Å². The molecule has 0 saturated carbocycles. The summed E-state index contributed by atoms with van der Waals surface area (Å²) in [5, 5.41) is 10.0.